The average molecular weight is 466 g/mol. The summed E-state index contributed by atoms with van der Waals surface area (Å²) in [7, 11) is -3.81. The number of benzene rings is 2. The van der Waals surface area contributed by atoms with Crippen LogP contribution in [0, 0.1) is 6.92 Å². The van der Waals surface area contributed by atoms with Crippen LogP contribution >= 0.6 is 15.9 Å². The van der Waals surface area contributed by atoms with Crippen LogP contribution in [0.25, 0.3) is 0 Å². The molecule has 0 saturated heterocycles. The van der Waals surface area contributed by atoms with E-state index in [1.54, 1.807) is 31.2 Å². The Bertz CT molecular complexity index is 1060. The second kappa shape index (κ2) is 8.44. The Kier molecular flexibility index (Phi) is 6.00. The van der Waals surface area contributed by atoms with Crippen LogP contribution in [0.1, 0.15) is 5.76 Å². The number of hydrogen-bond acceptors (Lipinski definition) is 6. The Morgan fingerprint density at radius 1 is 1.14 bits per heavy atom. The average Bonchev–Trinajstić information content (AvgIpc) is 3.06. The molecule has 0 aliphatic carbocycles. The second-order valence-electron chi connectivity index (χ2n) is 5.74. The van der Waals surface area contributed by atoms with Crippen molar-refractivity contribution in [3.05, 3.63) is 64.8 Å². The van der Waals surface area contributed by atoms with Crippen LogP contribution in [-0.2, 0) is 14.8 Å². The normalized spacial score (nSPS) is 11.1. The van der Waals surface area contributed by atoms with E-state index in [4.69, 9.17) is 9.26 Å². The number of hydrogen-bond donors (Lipinski definition) is 2. The van der Waals surface area contributed by atoms with Crippen LogP contribution in [0.5, 0.6) is 5.75 Å². The molecule has 8 nitrogen and oxygen atoms in total. The van der Waals surface area contributed by atoms with Crippen molar-refractivity contribution in [2.45, 2.75) is 11.8 Å². The Labute approximate surface area is 170 Å². The maximum Gasteiger partial charge on any atom is 0.263 e. The zero-order valence-corrected chi connectivity index (χ0v) is 17.1. The molecule has 10 heteroatoms. The molecule has 1 aromatic heterocycles. The summed E-state index contributed by atoms with van der Waals surface area (Å²) in [5.41, 5.74) is 0.445. The highest BCUT2D eigenvalue weighted by atomic mass is 79.9. The van der Waals surface area contributed by atoms with Crippen molar-refractivity contribution in [3.63, 3.8) is 0 Å². The zero-order valence-electron chi connectivity index (χ0n) is 14.7. The number of sulfonamides is 1. The number of aryl methyl sites for hydroxylation is 1. The Hall–Kier alpha value is -2.85. The van der Waals surface area contributed by atoms with Crippen molar-refractivity contribution in [2.24, 2.45) is 0 Å². The van der Waals surface area contributed by atoms with Crippen molar-refractivity contribution in [1.82, 2.24) is 5.16 Å². The highest BCUT2D eigenvalue weighted by molar-refractivity contribution is 9.10. The third-order valence-electron chi connectivity index (χ3n) is 3.50. The molecule has 0 radical (unpaired) electrons. The maximum atomic E-state index is 12.3. The van der Waals surface area contributed by atoms with E-state index in [9.17, 15) is 13.2 Å². The summed E-state index contributed by atoms with van der Waals surface area (Å²) in [6, 6.07) is 14.3. The van der Waals surface area contributed by atoms with Gasteiger partial charge in [-0.1, -0.05) is 21.1 Å². The molecule has 0 fully saturated rings. The van der Waals surface area contributed by atoms with Gasteiger partial charge >= 0.3 is 0 Å². The molecule has 0 aliphatic rings. The van der Waals surface area contributed by atoms with E-state index in [1.165, 1.54) is 30.3 Å². The van der Waals surface area contributed by atoms with Gasteiger partial charge in [-0.3, -0.25) is 9.52 Å². The van der Waals surface area contributed by atoms with Crippen molar-refractivity contribution in [2.75, 3.05) is 16.6 Å². The van der Waals surface area contributed by atoms with Gasteiger partial charge in [-0.15, -0.1) is 0 Å². The molecule has 1 heterocycles. The Morgan fingerprint density at radius 3 is 2.43 bits per heavy atom. The van der Waals surface area contributed by atoms with Crippen LogP contribution in [0.4, 0.5) is 11.5 Å². The largest absolute Gasteiger partial charge is 0.484 e. The molecule has 0 saturated carbocycles. The molecule has 146 valence electrons. The SMILES string of the molecule is Cc1cc(NS(=O)(=O)c2ccc(NC(=O)COc3ccc(Br)cc3)cc2)no1. The quantitative estimate of drug-likeness (QED) is 0.551. The van der Waals surface area contributed by atoms with E-state index >= 15 is 0 Å². The third-order valence-corrected chi connectivity index (χ3v) is 5.40. The predicted octanol–water partition coefficient (Wildman–Crippen LogP) is 3.56. The smallest absolute Gasteiger partial charge is 0.263 e. The first kappa shape index (κ1) is 19.9. The number of rotatable bonds is 7. The number of halogens is 1. The molecule has 2 N–H and O–H groups in total. The molecule has 3 aromatic rings. The Balaban J connectivity index is 1.57. The fourth-order valence-corrected chi connectivity index (χ4v) is 3.45. The number of amides is 1. The van der Waals surface area contributed by atoms with E-state index in [1.807, 2.05) is 0 Å². The lowest BCUT2D eigenvalue weighted by Crippen LogP contribution is -2.20. The van der Waals surface area contributed by atoms with Gasteiger partial charge in [0.2, 0.25) is 0 Å². The number of aromatic nitrogens is 1. The molecule has 0 atom stereocenters. The molecule has 28 heavy (non-hydrogen) atoms. The van der Waals surface area contributed by atoms with E-state index in [2.05, 4.69) is 31.1 Å². The van der Waals surface area contributed by atoms with Crippen molar-refractivity contribution in [3.8, 4) is 5.75 Å². The van der Waals surface area contributed by atoms with E-state index in [0.717, 1.165) is 4.47 Å². The second-order valence-corrected chi connectivity index (χ2v) is 8.34. The van der Waals surface area contributed by atoms with Crippen molar-refractivity contribution >= 4 is 43.4 Å². The fraction of sp³-hybridized carbons (Fsp3) is 0.111. The van der Waals surface area contributed by atoms with Crippen LogP contribution in [0.3, 0.4) is 0 Å². The fourth-order valence-electron chi connectivity index (χ4n) is 2.21. The lowest BCUT2D eigenvalue weighted by molar-refractivity contribution is -0.118. The van der Waals surface area contributed by atoms with Gasteiger partial charge in [0.1, 0.15) is 11.5 Å². The first-order valence-corrected chi connectivity index (χ1v) is 10.3. The molecule has 3 rings (SSSR count). The highest BCUT2D eigenvalue weighted by Crippen LogP contribution is 2.19. The summed E-state index contributed by atoms with van der Waals surface area (Å²) in [4.78, 5) is 12.0. The topological polar surface area (TPSA) is 111 Å². The maximum absolute atomic E-state index is 12.3. The zero-order chi connectivity index (χ0) is 20.1. The summed E-state index contributed by atoms with van der Waals surface area (Å²) in [5, 5.41) is 6.23. The number of nitrogens with zero attached hydrogens (tertiary/aromatic N) is 1. The molecular formula is C18H16BrN3O5S. The van der Waals surface area contributed by atoms with Crippen LogP contribution < -0.4 is 14.8 Å². The van der Waals surface area contributed by atoms with E-state index in [-0.39, 0.29) is 23.2 Å². The van der Waals surface area contributed by atoms with Gasteiger partial charge in [-0.2, -0.15) is 0 Å². The molecule has 2 aromatic carbocycles. The molecule has 1 amide bonds. The highest BCUT2D eigenvalue weighted by Gasteiger charge is 2.16. The predicted molar refractivity (Wildman–Crippen MR) is 107 cm³/mol. The van der Waals surface area contributed by atoms with Crippen molar-refractivity contribution < 1.29 is 22.5 Å². The summed E-state index contributed by atoms with van der Waals surface area (Å²) >= 11 is 3.32. The van der Waals surface area contributed by atoms with Crippen LogP contribution in [0.2, 0.25) is 0 Å². The summed E-state index contributed by atoms with van der Waals surface area (Å²) in [6.07, 6.45) is 0. The lowest BCUT2D eigenvalue weighted by Gasteiger charge is -2.09. The minimum atomic E-state index is -3.81. The standard InChI is InChI=1S/C18H16BrN3O5S/c1-12-10-17(21-27-12)22-28(24,25)16-8-4-14(5-9-16)20-18(23)11-26-15-6-2-13(19)3-7-15/h2-10H,11H2,1H3,(H,20,23)(H,21,22). The molecule has 0 spiro atoms. The van der Waals surface area contributed by atoms with Gasteiger partial charge in [-0.25, -0.2) is 8.42 Å². The summed E-state index contributed by atoms with van der Waals surface area (Å²) in [6.45, 7) is 1.48. The van der Waals surface area contributed by atoms with Crippen molar-refractivity contribution in [1.29, 1.82) is 0 Å². The monoisotopic (exact) mass is 465 g/mol. The van der Waals surface area contributed by atoms with Crippen LogP contribution in [0.15, 0.2) is 68.5 Å². The molecule has 0 aliphatic heterocycles. The van der Waals surface area contributed by atoms with Crippen LogP contribution in [-0.4, -0.2) is 26.1 Å². The number of nitrogens with one attached hydrogen (secondary N) is 2. The van der Waals surface area contributed by atoms with Gasteiger partial charge in [0.05, 0.1) is 4.90 Å². The van der Waals surface area contributed by atoms with Gasteiger partial charge in [0.15, 0.2) is 12.4 Å². The number of ether oxygens (including phenoxy) is 1. The number of carbonyl (C=O) groups excluding carboxylic acids is 1. The molecule has 0 bridgehead atoms. The lowest BCUT2D eigenvalue weighted by atomic mass is 10.3. The summed E-state index contributed by atoms with van der Waals surface area (Å²) < 4.78 is 38.1. The first-order chi connectivity index (χ1) is 13.3. The van der Waals surface area contributed by atoms with E-state index < -0.39 is 10.0 Å². The first-order valence-electron chi connectivity index (χ1n) is 8.06. The third kappa shape index (κ3) is 5.33. The molecule has 0 unspecified atom stereocenters. The van der Waals surface area contributed by atoms with Gasteiger partial charge in [0.25, 0.3) is 15.9 Å². The Morgan fingerprint density at radius 2 is 1.82 bits per heavy atom. The molecular weight excluding hydrogens is 450 g/mol. The van der Waals surface area contributed by atoms with E-state index in [0.29, 0.717) is 17.2 Å². The minimum Gasteiger partial charge on any atom is -0.484 e. The van der Waals surface area contributed by atoms with Gasteiger partial charge in [-0.05, 0) is 55.5 Å². The minimum absolute atomic E-state index is 0.0252. The number of carbonyl (C=O) groups is 1. The van der Waals surface area contributed by atoms with Gasteiger partial charge in [0, 0.05) is 16.2 Å². The van der Waals surface area contributed by atoms with Gasteiger partial charge < -0.3 is 14.6 Å². The number of anilines is 2. The summed E-state index contributed by atoms with van der Waals surface area (Å²) in [5.74, 6) is 0.782.